The van der Waals surface area contributed by atoms with Gasteiger partial charge in [-0.3, -0.25) is 0 Å². The highest BCUT2D eigenvalue weighted by molar-refractivity contribution is 5.81. The fourth-order valence-electron chi connectivity index (χ4n) is 0.923. The van der Waals surface area contributed by atoms with Gasteiger partial charge in [0.05, 0.1) is 6.61 Å². The van der Waals surface area contributed by atoms with E-state index in [0.29, 0.717) is 6.54 Å². The van der Waals surface area contributed by atoms with Crippen LogP contribution in [0.15, 0.2) is 17.3 Å². The van der Waals surface area contributed by atoms with Gasteiger partial charge in [0.15, 0.2) is 0 Å². The van der Waals surface area contributed by atoms with E-state index in [0.717, 1.165) is 12.4 Å². The summed E-state index contributed by atoms with van der Waals surface area (Å²) in [6, 6.07) is 0. The molecule has 0 amide bonds. The van der Waals surface area contributed by atoms with Gasteiger partial charge < -0.3 is 10.0 Å². The lowest BCUT2D eigenvalue weighted by Crippen LogP contribution is -2.33. The lowest BCUT2D eigenvalue weighted by molar-refractivity contribution is 0.255. The zero-order valence-corrected chi connectivity index (χ0v) is 6.12. The summed E-state index contributed by atoms with van der Waals surface area (Å²) < 4.78 is 0. The summed E-state index contributed by atoms with van der Waals surface area (Å²) in [7, 11) is 0. The van der Waals surface area contributed by atoms with Crippen molar-refractivity contribution >= 4 is 5.84 Å². The first-order valence-electron chi connectivity index (χ1n) is 3.40. The third kappa shape index (κ3) is 1.57. The third-order valence-electron chi connectivity index (χ3n) is 1.52. The second-order valence-corrected chi connectivity index (χ2v) is 2.23. The molecule has 0 unspecified atom stereocenters. The van der Waals surface area contributed by atoms with Crippen molar-refractivity contribution in [3.05, 3.63) is 12.3 Å². The first-order chi connectivity index (χ1) is 4.84. The predicted molar refractivity (Wildman–Crippen MR) is 40.9 cm³/mol. The van der Waals surface area contributed by atoms with Crippen LogP contribution in [0.25, 0.3) is 0 Å². The van der Waals surface area contributed by atoms with Crippen LogP contribution in [0.1, 0.15) is 6.92 Å². The Morgan fingerprint density at radius 3 is 3.20 bits per heavy atom. The van der Waals surface area contributed by atoms with E-state index < -0.39 is 0 Å². The standard InChI is InChI=1S/C7H12N2O/c1-7-8-3-2-4-9(7)5-6-10/h2-3,10H,4-6H2,1H3. The van der Waals surface area contributed by atoms with Gasteiger partial charge in [-0.15, -0.1) is 0 Å². The van der Waals surface area contributed by atoms with E-state index in [9.17, 15) is 0 Å². The molecular formula is C7H12N2O. The van der Waals surface area contributed by atoms with Crippen LogP contribution in [0.3, 0.4) is 0 Å². The number of aliphatic imine (C=N–C) groups is 1. The summed E-state index contributed by atoms with van der Waals surface area (Å²) in [5.41, 5.74) is 0. The maximum Gasteiger partial charge on any atom is 0.101 e. The Morgan fingerprint density at radius 1 is 1.80 bits per heavy atom. The summed E-state index contributed by atoms with van der Waals surface area (Å²) >= 11 is 0. The van der Waals surface area contributed by atoms with Gasteiger partial charge in [0.25, 0.3) is 0 Å². The minimum absolute atomic E-state index is 0.195. The van der Waals surface area contributed by atoms with Crippen molar-refractivity contribution in [3.8, 4) is 0 Å². The Hall–Kier alpha value is -0.830. The lowest BCUT2D eigenvalue weighted by atomic mass is 10.4. The number of amidine groups is 1. The molecule has 0 saturated heterocycles. The van der Waals surface area contributed by atoms with Crippen molar-refractivity contribution in [1.82, 2.24) is 4.90 Å². The number of hydrogen-bond donors (Lipinski definition) is 1. The monoisotopic (exact) mass is 140 g/mol. The third-order valence-corrected chi connectivity index (χ3v) is 1.52. The Kier molecular flexibility index (Phi) is 2.45. The molecule has 0 spiro atoms. The van der Waals surface area contributed by atoms with Crippen molar-refractivity contribution in [2.24, 2.45) is 4.99 Å². The highest BCUT2D eigenvalue weighted by Crippen LogP contribution is 1.98. The zero-order valence-electron chi connectivity index (χ0n) is 6.12. The molecule has 0 aromatic heterocycles. The molecule has 0 radical (unpaired) electrons. The molecule has 0 bridgehead atoms. The largest absolute Gasteiger partial charge is 0.395 e. The highest BCUT2D eigenvalue weighted by Gasteiger charge is 2.05. The average molecular weight is 140 g/mol. The van der Waals surface area contributed by atoms with Crippen molar-refractivity contribution in [1.29, 1.82) is 0 Å². The molecule has 1 rings (SSSR count). The first kappa shape index (κ1) is 7.28. The Labute approximate surface area is 60.7 Å². The van der Waals surface area contributed by atoms with E-state index in [4.69, 9.17) is 5.11 Å². The quantitative estimate of drug-likeness (QED) is 0.596. The number of aliphatic hydroxyl groups is 1. The van der Waals surface area contributed by atoms with Gasteiger partial charge >= 0.3 is 0 Å². The van der Waals surface area contributed by atoms with Crippen LogP contribution in [0.4, 0.5) is 0 Å². The van der Waals surface area contributed by atoms with E-state index in [2.05, 4.69) is 4.99 Å². The lowest BCUT2D eigenvalue weighted by Gasteiger charge is -2.23. The molecule has 0 atom stereocenters. The van der Waals surface area contributed by atoms with Crippen LogP contribution >= 0.6 is 0 Å². The van der Waals surface area contributed by atoms with Gasteiger partial charge in [-0.25, -0.2) is 4.99 Å². The maximum atomic E-state index is 8.62. The summed E-state index contributed by atoms with van der Waals surface area (Å²) in [6.07, 6.45) is 3.77. The molecule has 1 aliphatic rings. The molecule has 0 aliphatic carbocycles. The molecule has 1 N–H and O–H groups in total. The summed E-state index contributed by atoms with van der Waals surface area (Å²) in [6.45, 7) is 3.69. The Bertz CT molecular complexity index is 163. The number of nitrogens with zero attached hydrogens (tertiary/aromatic N) is 2. The first-order valence-corrected chi connectivity index (χ1v) is 3.40. The molecule has 10 heavy (non-hydrogen) atoms. The minimum Gasteiger partial charge on any atom is -0.395 e. The molecule has 0 aromatic carbocycles. The fraction of sp³-hybridized carbons (Fsp3) is 0.571. The van der Waals surface area contributed by atoms with Gasteiger partial charge in [0.1, 0.15) is 5.84 Å². The molecule has 3 heteroatoms. The van der Waals surface area contributed by atoms with E-state index in [1.54, 1.807) is 6.20 Å². The predicted octanol–water partition coefficient (Wildman–Crippen LogP) is 0.226. The fourth-order valence-corrected chi connectivity index (χ4v) is 0.923. The SMILES string of the molecule is CC1=NC=CCN1CCO. The Balaban J connectivity index is 2.47. The second kappa shape index (κ2) is 3.37. The average Bonchev–Trinajstić information content (AvgIpc) is 1.94. The van der Waals surface area contributed by atoms with Gasteiger partial charge in [-0.1, -0.05) is 0 Å². The van der Waals surface area contributed by atoms with Gasteiger partial charge in [0.2, 0.25) is 0 Å². The van der Waals surface area contributed by atoms with Crippen LogP contribution in [0.5, 0.6) is 0 Å². The molecular weight excluding hydrogens is 128 g/mol. The molecule has 1 heterocycles. The topological polar surface area (TPSA) is 35.8 Å². The van der Waals surface area contributed by atoms with Crippen LogP contribution in [-0.2, 0) is 0 Å². The van der Waals surface area contributed by atoms with Gasteiger partial charge in [0, 0.05) is 19.3 Å². The van der Waals surface area contributed by atoms with Crippen LogP contribution < -0.4 is 0 Å². The summed E-state index contributed by atoms with van der Waals surface area (Å²) in [5.74, 6) is 0.983. The number of aliphatic hydroxyl groups excluding tert-OH is 1. The van der Waals surface area contributed by atoms with Crippen LogP contribution in [0, 0.1) is 0 Å². The summed E-state index contributed by atoms with van der Waals surface area (Å²) in [5, 5.41) is 8.62. The maximum absolute atomic E-state index is 8.62. The second-order valence-electron chi connectivity index (χ2n) is 2.23. The normalized spacial score (nSPS) is 17.4. The van der Waals surface area contributed by atoms with Crippen molar-refractivity contribution in [3.63, 3.8) is 0 Å². The smallest absolute Gasteiger partial charge is 0.101 e. The number of rotatable bonds is 2. The molecule has 56 valence electrons. The Morgan fingerprint density at radius 2 is 2.60 bits per heavy atom. The molecule has 3 nitrogen and oxygen atoms in total. The van der Waals surface area contributed by atoms with Gasteiger partial charge in [-0.2, -0.15) is 0 Å². The molecule has 0 fully saturated rings. The van der Waals surface area contributed by atoms with E-state index in [1.165, 1.54) is 0 Å². The highest BCUT2D eigenvalue weighted by atomic mass is 16.3. The van der Waals surface area contributed by atoms with Crippen LogP contribution in [0.2, 0.25) is 0 Å². The van der Waals surface area contributed by atoms with Crippen molar-refractivity contribution in [2.75, 3.05) is 19.7 Å². The van der Waals surface area contributed by atoms with E-state index in [1.807, 2.05) is 17.9 Å². The van der Waals surface area contributed by atoms with E-state index in [-0.39, 0.29) is 6.61 Å². The van der Waals surface area contributed by atoms with Crippen LogP contribution in [-0.4, -0.2) is 35.5 Å². The minimum atomic E-state index is 0.195. The van der Waals surface area contributed by atoms with Crippen molar-refractivity contribution < 1.29 is 5.11 Å². The van der Waals surface area contributed by atoms with Crippen molar-refractivity contribution in [2.45, 2.75) is 6.92 Å². The molecule has 0 aromatic rings. The number of β-amino-alcohol motifs (C(OH)–C–C–N with tert-alkyl or cyclic N) is 1. The summed E-state index contributed by atoms with van der Waals surface area (Å²) in [4.78, 5) is 6.11. The number of hydrogen-bond acceptors (Lipinski definition) is 3. The zero-order chi connectivity index (χ0) is 7.40. The van der Waals surface area contributed by atoms with Gasteiger partial charge in [-0.05, 0) is 13.0 Å². The molecule has 0 saturated carbocycles. The van der Waals surface area contributed by atoms with E-state index >= 15 is 0 Å². The molecule has 1 aliphatic heterocycles.